The van der Waals surface area contributed by atoms with Gasteiger partial charge in [-0.15, -0.1) is 10.2 Å². The summed E-state index contributed by atoms with van der Waals surface area (Å²) in [5, 5.41) is 29.1. The molecule has 10 heteroatoms. The van der Waals surface area contributed by atoms with Gasteiger partial charge >= 0.3 is 0 Å². The molecule has 2 aromatic rings. The van der Waals surface area contributed by atoms with Gasteiger partial charge in [0.25, 0.3) is 0 Å². The fraction of sp³-hybridized carbons (Fsp3) is 0.560. The molecule has 3 heterocycles. The highest BCUT2D eigenvalue weighted by Crippen LogP contribution is 2.29. The lowest BCUT2D eigenvalue weighted by Gasteiger charge is -2.34. The minimum absolute atomic E-state index is 0.0516. The lowest BCUT2D eigenvalue weighted by atomic mass is 10.0. The van der Waals surface area contributed by atoms with Crippen LogP contribution < -0.4 is 0 Å². The van der Waals surface area contributed by atoms with Crippen molar-refractivity contribution in [3.8, 4) is 6.07 Å². The molecule has 1 saturated heterocycles. The number of aryl methyl sites for hydroxylation is 3. The van der Waals surface area contributed by atoms with Crippen LogP contribution in [0, 0.1) is 39.0 Å². The van der Waals surface area contributed by atoms with Crippen LogP contribution in [0.4, 0.5) is 0 Å². The lowest BCUT2D eigenvalue weighted by molar-refractivity contribution is 0.181. The van der Waals surface area contributed by atoms with Gasteiger partial charge < -0.3 is 9.67 Å². The van der Waals surface area contributed by atoms with Crippen molar-refractivity contribution < 1.29 is 13.5 Å². The van der Waals surface area contributed by atoms with E-state index in [1.165, 1.54) is 4.31 Å². The number of aliphatic hydroxyl groups is 1. The van der Waals surface area contributed by atoms with Crippen LogP contribution >= 0.6 is 0 Å². The highest BCUT2D eigenvalue weighted by Gasteiger charge is 2.32. The summed E-state index contributed by atoms with van der Waals surface area (Å²) in [4.78, 5) is 2.38. The summed E-state index contributed by atoms with van der Waals surface area (Å²) in [5.41, 5.74) is 3.66. The van der Waals surface area contributed by atoms with Crippen LogP contribution in [-0.2, 0) is 23.0 Å². The first-order valence-electron chi connectivity index (χ1n) is 12.2. The zero-order valence-corrected chi connectivity index (χ0v) is 21.8. The maximum Gasteiger partial charge on any atom is 0.243 e. The molecule has 1 aromatic carbocycles. The van der Waals surface area contributed by atoms with E-state index in [2.05, 4.69) is 16.3 Å². The van der Waals surface area contributed by atoms with Crippen molar-refractivity contribution in [1.82, 2.24) is 24.0 Å². The first-order chi connectivity index (χ1) is 16.6. The lowest BCUT2D eigenvalue weighted by Crippen LogP contribution is -2.49. The molecular weight excluding hydrogens is 464 g/mol. The van der Waals surface area contributed by atoms with E-state index in [0.29, 0.717) is 36.9 Å². The molecule has 0 aliphatic carbocycles. The van der Waals surface area contributed by atoms with E-state index < -0.39 is 10.0 Å². The SMILES string of the molecule is Cc1cc(C)c(C)c(S(=O)(=O)N2CCN(CC(O)=C(C#N)c3nnc4n3CCCCC4)CC2)c1C. The van der Waals surface area contributed by atoms with Gasteiger partial charge in [0.1, 0.15) is 23.2 Å². The summed E-state index contributed by atoms with van der Waals surface area (Å²) < 4.78 is 30.5. The third-order valence-corrected chi connectivity index (χ3v) is 9.51. The Labute approximate surface area is 207 Å². The largest absolute Gasteiger partial charge is 0.509 e. The number of aromatic nitrogens is 3. The Balaban J connectivity index is 1.49. The molecule has 9 nitrogen and oxygen atoms in total. The maximum atomic E-state index is 13.5. The number of nitriles is 1. The summed E-state index contributed by atoms with van der Waals surface area (Å²) in [6, 6.07) is 4.14. The van der Waals surface area contributed by atoms with E-state index in [1.54, 1.807) is 0 Å². The number of rotatable bonds is 5. The molecular formula is C25H34N6O3S. The van der Waals surface area contributed by atoms with Crippen molar-refractivity contribution in [2.24, 2.45) is 0 Å². The predicted molar refractivity (Wildman–Crippen MR) is 133 cm³/mol. The summed E-state index contributed by atoms with van der Waals surface area (Å²) in [6.07, 6.45) is 3.97. The number of benzene rings is 1. The number of hydrogen-bond acceptors (Lipinski definition) is 7. The van der Waals surface area contributed by atoms with E-state index in [9.17, 15) is 18.8 Å². The molecule has 188 valence electrons. The van der Waals surface area contributed by atoms with Gasteiger partial charge in [-0.25, -0.2) is 8.42 Å². The highest BCUT2D eigenvalue weighted by atomic mass is 32.2. The summed E-state index contributed by atoms with van der Waals surface area (Å²) >= 11 is 0. The van der Waals surface area contributed by atoms with Gasteiger partial charge in [0.2, 0.25) is 10.0 Å². The molecule has 0 radical (unpaired) electrons. The Bertz CT molecular complexity index is 1270. The fourth-order valence-corrected chi connectivity index (χ4v) is 7.03. The van der Waals surface area contributed by atoms with Crippen LogP contribution in [0.2, 0.25) is 0 Å². The van der Waals surface area contributed by atoms with Gasteiger partial charge in [-0.2, -0.15) is 9.57 Å². The molecule has 4 rings (SSSR count). The highest BCUT2D eigenvalue weighted by molar-refractivity contribution is 7.89. The normalized spacial score (nSPS) is 18.5. The third-order valence-electron chi connectivity index (χ3n) is 7.33. The van der Waals surface area contributed by atoms with E-state index in [0.717, 1.165) is 60.3 Å². The van der Waals surface area contributed by atoms with Gasteiger partial charge in [-0.1, -0.05) is 12.5 Å². The minimum atomic E-state index is -3.63. The standard InChI is InChI=1S/C25H34N6O3S/c1-17-14-18(2)20(4)24(19(17)3)35(33,34)30-12-10-29(11-13-30)16-22(32)21(15-26)25-28-27-23-8-6-5-7-9-31(23)25/h14,32H,5-13,16H2,1-4H3. The Kier molecular flexibility index (Phi) is 7.31. The predicted octanol–water partition coefficient (Wildman–Crippen LogP) is 3.04. The van der Waals surface area contributed by atoms with Crippen LogP contribution in [0.25, 0.3) is 5.57 Å². The molecule has 2 aliphatic rings. The third kappa shape index (κ3) is 4.85. The number of allylic oxidation sites excluding steroid dienone is 1. The van der Waals surface area contributed by atoms with Crippen molar-refractivity contribution in [2.75, 3.05) is 32.7 Å². The average Bonchev–Trinajstić information content (AvgIpc) is 3.05. The number of piperazine rings is 1. The van der Waals surface area contributed by atoms with E-state index in [-0.39, 0.29) is 17.9 Å². The minimum Gasteiger partial charge on any atom is -0.509 e. The molecule has 35 heavy (non-hydrogen) atoms. The Hall–Kier alpha value is -2.74. The van der Waals surface area contributed by atoms with Crippen molar-refractivity contribution in [3.63, 3.8) is 0 Å². The van der Waals surface area contributed by atoms with Crippen LogP contribution in [0.1, 0.15) is 53.2 Å². The Morgan fingerprint density at radius 3 is 2.29 bits per heavy atom. The summed E-state index contributed by atoms with van der Waals surface area (Å²) in [7, 11) is -3.63. The molecule has 0 atom stereocenters. The van der Waals surface area contributed by atoms with E-state index in [1.807, 2.05) is 43.2 Å². The van der Waals surface area contributed by atoms with Crippen molar-refractivity contribution in [3.05, 3.63) is 45.7 Å². The van der Waals surface area contributed by atoms with Gasteiger partial charge in [-0.05, 0) is 62.8 Å². The number of sulfonamides is 1. The number of aliphatic hydroxyl groups excluding tert-OH is 1. The van der Waals surface area contributed by atoms with Crippen molar-refractivity contribution in [1.29, 1.82) is 5.26 Å². The average molecular weight is 499 g/mol. The molecule has 0 bridgehead atoms. The zero-order valence-electron chi connectivity index (χ0n) is 21.0. The summed E-state index contributed by atoms with van der Waals surface area (Å²) in [5.74, 6) is 1.22. The van der Waals surface area contributed by atoms with Gasteiger partial charge in [0, 0.05) is 39.1 Å². The Morgan fingerprint density at radius 2 is 1.66 bits per heavy atom. The zero-order chi connectivity index (χ0) is 25.3. The van der Waals surface area contributed by atoms with Gasteiger partial charge in [0.15, 0.2) is 5.82 Å². The van der Waals surface area contributed by atoms with Crippen LogP contribution in [0.3, 0.4) is 0 Å². The number of nitrogens with zero attached hydrogens (tertiary/aromatic N) is 6. The molecule has 0 spiro atoms. The van der Waals surface area contributed by atoms with Crippen molar-refractivity contribution in [2.45, 2.75) is 64.8 Å². The molecule has 0 unspecified atom stereocenters. The smallest absolute Gasteiger partial charge is 0.243 e. The van der Waals surface area contributed by atoms with Gasteiger partial charge in [-0.3, -0.25) is 4.90 Å². The molecule has 1 N–H and O–H groups in total. The molecule has 0 amide bonds. The molecule has 1 fully saturated rings. The van der Waals surface area contributed by atoms with Crippen LogP contribution in [0.15, 0.2) is 16.7 Å². The maximum absolute atomic E-state index is 13.5. The van der Waals surface area contributed by atoms with Crippen molar-refractivity contribution >= 4 is 15.6 Å². The molecule has 0 saturated carbocycles. The first kappa shape index (κ1) is 25.4. The Morgan fingerprint density at radius 1 is 1.00 bits per heavy atom. The second-order valence-corrected chi connectivity index (χ2v) is 11.5. The van der Waals surface area contributed by atoms with Crippen LogP contribution in [0.5, 0.6) is 0 Å². The monoisotopic (exact) mass is 498 g/mol. The van der Waals surface area contributed by atoms with E-state index in [4.69, 9.17) is 0 Å². The van der Waals surface area contributed by atoms with E-state index >= 15 is 0 Å². The first-order valence-corrected chi connectivity index (χ1v) is 13.6. The number of hydrogen-bond donors (Lipinski definition) is 1. The fourth-order valence-electron chi connectivity index (χ4n) is 5.03. The second-order valence-electron chi connectivity index (χ2n) is 9.61. The molecule has 1 aromatic heterocycles. The van der Waals surface area contributed by atoms with Gasteiger partial charge in [0.05, 0.1) is 11.4 Å². The topological polar surface area (TPSA) is 115 Å². The summed E-state index contributed by atoms with van der Waals surface area (Å²) in [6.45, 7) is 10.1. The quantitative estimate of drug-likeness (QED) is 0.498. The molecule has 2 aliphatic heterocycles. The number of fused-ring (bicyclic) bond motifs is 1. The second kappa shape index (κ2) is 10.1. The van der Waals surface area contributed by atoms with Crippen LogP contribution in [-0.4, -0.2) is 70.2 Å².